The first-order valence-corrected chi connectivity index (χ1v) is 4.05. The van der Waals surface area contributed by atoms with Gasteiger partial charge in [-0.3, -0.25) is 0 Å². The van der Waals surface area contributed by atoms with Crippen LogP contribution in [0.4, 0.5) is 0 Å². The van der Waals surface area contributed by atoms with Gasteiger partial charge in [0.05, 0.1) is 7.11 Å². The van der Waals surface area contributed by atoms with Crippen molar-refractivity contribution in [2.75, 3.05) is 7.11 Å². The van der Waals surface area contributed by atoms with Crippen molar-refractivity contribution >= 4 is 34.2 Å². The zero-order valence-electron chi connectivity index (χ0n) is 5.27. The summed E-state index contributed by atoms with van der Waals surface area (Å²) in [6.07, 6.45) is 0. The lowest BCUT2D eigenvalue weighted by Crippen LogP contribution is -1.89. The van der Waals surface area contributed by atoms with E-state index in [4.69, 9.17) is 16.3 Å². The van der Waals surface area contributed by atoms with Crippen LogP contribution in [-0.2, 0) is 0 Å². The smallest absolute Gasteiger partial charge is 0.233 e. The van der Waals surface area contributed by atoms with Gasteiger partial charge in [0.2, 0.25) is 5.88 Å². The van der Waals surface area contributed by atoms with Crippen LogP contribution in [0.25, 0.3) is 0 Å². The molecular formula is C6H5ClINO. The maximum Gasteiger partial charge on any atom is 0.233 e. The second-order valence-electron chi connectivity index (χ2n) is 1.63. The minimum absolute atomic E-state index is 0.480. The van der Waals surface area contributed by atoms with E-state index in [2.05, 4.69) is 27.6 Å². The SMILES string of the molecule is COc1nc(I)ccc1Cl. The molecule has 0 unspecified atom stereocenters. The highest BCUT2D eigenvalue weighted by Crippen LogP contribution is 2.21. The molecule has 0 fully saturated rings. The minimum atomic E-state index is 0.480. The Balaban J connectivity index is 3.09. The van der Waals surface area contributed by atoms with E-state index in [1.807, 2.05) is 6.07 Å². The number of ether oxygens (including phenoxy) is 1. The van der Waals surface area contributed by atoms with E-state index in [1.54, 1.807) is 13.2 Å². The standard InChI is InChI=1S/C6H5ClINO/c1-10-6-4(7)2-3-5(8)9-6/h2-3H,1H3. The molecule has 4 heteroatoms. The molecule has 0 N–H and O–H groups in total. The summed E-state index contributed by atoms with van der Waals surface area (Å²) >= 11 is 7.80. The summed E-state index contributed by atoms with van der Waals surface area (Å²) in [5.74, 6) is 0.480. The van der Waals surface area contributed by atoms with Crippen molar-refractivity contribution in [3.8, 4) is 5.88 Å². The largest absolute Gasteiger partial charge is 0.480 e. The summed E-state index contributed by atoms with van der Waals surface area (Å²) in [6.45, 7) is 0. The van der Waals surface area contributed by atoms with Crippen molar-refractivity contribution in [1.29, 1.82) is 0 Å². The molecule has 0 saturated heterocycles. The summed E-state index contributed by atoms with van der Waals surface area (Å²) in [4.78, 5) is 4.02. The average molecular weight is 269 g/mol. The highest BCUT2D eigenvalue weighted by molar-refractivity contribution is 14.1. The van der Waals surface area contributed by atoms with E-state index in [0.29, 0.717) is 10.9 Å². The van der Waals surface area contributed by atoms with Gasteiger partial charge in [-0.2, -0.15) is 0 Å². The van der Waals surface area contributed by atoms with E-state index in [1.165, 1.54) is 0 Å². The van der Waals surface area contributed by atoms with Crippen LogP contribution in [0.5, 0.6) is 5.88 Å². The van der Waals surface area contributed by atoms with Gasteiger partial charge < -0.3 is 4.74 Å². The Bertz CT molecular complexity index is 241. The fraction of sp³-hybridized carbons (Fsp3) is 0.167. The first kappa shape index (κ1) is 8.07. The lowest BCUT2D eigenvalue weighted by atomic mass is 10.5. The van der Waals surface area contributed by atoms with Gasteiger partial charge in [-0.05, 0) is 34.7 Å². The van der Waals surface area contributed by atoms with Crippen molar-refractivity contribution in [3.63, 3.8) is 0 Å². The Hall–Kier alpha value is -0.0300. The molecule has 0 aliphatic rings. The second kappa shape index (κ2) is 3.39. The maximum absolute atomic E-state index is 5.71. The first-order valence-electron chi connectivity index (χ1n) is 2.60. The van der Waals surface area contributed by atoms with Gasteiger partial charge in [0.25, 0.3) is 0 Å². The molecular weight excluding hydrogens is 264 g/mol. The lowest BCUT2D eigenvalue weighted by Gasteiger charge is -1.99. The van der Waals surface area contributed by atoms with E-state index in [-0.39, 0.29) is 0 Å². The molecule has 0 saturated carbocycles. The molecule has 1 heterocycles. The van der Waals surface area contributed by atoms with Crippen LogP contribution >= 0.6 is 34.2 Å². The first-order chi connectivity index (χ1) is 4.74. The van der Waals surface area contributed by atoms with Crippen LogP contribution in [0.2, 0.25) is 5.02 Å². The van der Waals surface area contributed by atoms with Crippen LogP contribution < -0.4 is 4.74 Å². The number of pyridine rings is 1. The van der Waals surface area contributed by atoms with Crippen molar-refractivity contribution in [1.82, 2.24) is 4.98 Å². The molecule has 54 valence electrons. The number of hydrogen-bond donors (Lipinski definition) is 0. The monoisotopic (exact) mass is 269 g/mol. The molecule has 0 aromatic carbocycles. The number of nitrogens with zero attached hydrogens (tertiary/aromatic N) is 1. The van der Waals surface area contributed by atoms with Crippen LogP contribution in [0.3, 0.4) is 0 Å². The Labute approximate surface area is 77.7 Å². The van der Waals surface area contributed by atoms with Crippen LogP contribution in [0.1, 0.15) is 0 Å². The van der Waals surface area contributed by atoms with Crippen LogP contribution in [0.15, 0.2) is 12.1 Å². The molecule has 2 nitrogen and oxygen atoms in total. The molecule has 0 atom stereocenters. The molecule has 0 amide bonds. The van der Waals surface area contributed by atoms with E-state index in [9.17, 15) is 0 Å². The fourth-order valence-electron chi connectivity index (χ4n) is 0.544. The summed E-state index contributed by atoms with van der Waals surface area (Å²) in [6, 6.07) is 3.58. The minimum Gasteiger partial charge on any atom is -0.480 e. The van der Waals surface area contributed by atoms with Gasteiger partial charge in [0.1, 0.15) is 8.72 Å². The number of methoxy groups -OCH3 is 1. The summed E-state index contributed by atoms with van der Waals surface area (Å²) < 4.78 is 5.75. The third kappa shape index (κ3) is 1.73. The zero-order valence-corrected chi connectivity index (χ0v) is 8.18. The normalized spacial score (nSPS) is 9.50. The van der Waals surface area contributed by atoms with Gasteiger partial charge in [-0.25, -0.2) is 4.98 Å². The van der Waals surface area contributed by atoms with Crippen molar-refractivity contribution in [2.24, 2.45) is 0 Å². The highest BCUT2D eigenvalue weighted by Gasteiger charge is 2.00. The van der Waals surface area contributed by atoms with Gasteiger partial charge in [-0.15, -0.1) is 0 Å². The summed E-state index contributed by atoms with van der Waals surface area (Å²) in [5.41, 5.74) is 0. The number of rotatable bonds is 1. The van der Waals surface area contributed by atoms with E-state index >= 15 is 0 Å². The van der Waals surface area contributed by atoms with Gasteiger partial charge in [0, 0.05) is 0 Å². The molecule has 0 radical (unpaired) electrons. The quantitative estimate of drug-likeness (QED) is 0.577. The molecule has 0 aliphatic heterocycles. The molecule has 0 aliphatic carbocycles. The van der Waals surface area contributed by atoms with Gasteiger partial charge in [0.15, 0.2) is 0 Å². The third-order valence-corrected chi connectivity index (χ3v) is 1.86. The Morgan fingerprint density at radius 2 is 2.30 bits per heavy atom. The van der Waals surface area contributed by atoms with Crippen LogP contribution in [0, 0.1) is 3.70 Å². The van der Waals surface area contributed by atoms with Crippen molar-refractivity contribution < 1.29 is 4.74 Å². The number of halogens is 2. The summed E-state index contributed by atoms with van der Waals surface area (Å²) in [5, 5.41) is 0.544. The molecule has 10 heavy (non-hydrogen) atoms. The molecule has 1 rings (SSSR count). The molecule has 0 spiro atoms. The topological polar surface area (TPSA) is 22.1 Å². The van der Waals surface area contributed by atoms with Crippen LogP contribution in [-0.4, -0.2) is 12.1 Å². The summed E-state index contributed by atoms with van der Waals surface area (Å²) in [7, 11) is 1.55. The number of hydrogen-bond acceptors (Lipinski definition) is 2. The van der Waals surface area contributed by atoms with E-state index in [0.717, 1.165) is 3.70 Å². The predicted octanol–water partition coefficient (Wildman–Crippen LogP) is 2.35. The van der Waals surface area contributed by atoms with Crippen molar-refractivity contribution in [2.45, 2.75) is 0 Å². The van der Waals surface area contributed by atoms with E-state index < -0.39 is 0 Å². The highest BCUT2D eigenvalue weighted by atomic mass is 127. The predicted molar refractivity (Wildman–Crippen MR) is 48.5 cm³/mol. The Morgan fingerprint density at radius 1 is 1.60 bits per heavy atom. The van der Waals surface area contributed by atoms with Gasteiger partial charge in [-0.1, -0.05) is 11.6 Å². The maximum atomic E-state index is 5.71. The Kier molecular flexibility index (Phi) is 2.73. The fourth-order valence-corrected chi connectivity index (χ4v) is 1.13. The van der Waals surface area contributed by atoms with Gasteiger partial charge >= 0.3 is 0 Å². The zero-order chi connectivity index (χ0) is 7.56. The molecule has 1 aromatic rings. The number of aromatic nitrogens is 1. The molecule has 1 aromatic heterocycles. The van der Waals surface area contributed by atoms with Crippen molar-refractivity contribution in [3.05, 3.63) is 20.9 Å². The third-order valence-electron chi connectivity index (χ3n) is 0.973. The Morgan fingerprint density at radius 3 is 2.80 bits per heavy atom. The average Bonchev–Trinajstić information content (AvgIpc) is 1.94. The lowest BCUT2D eigenvalue weighted by molar-refractivity contribution is 0.397. The second-order valence-corrected chi connectivity index (χ2v) is 3.14. The molecule has 0 bridgehead atoms.